The summed E-state index contributed by atoms with van der Waals surface area (Å²) >= 11 is 0. The van der Waals surface area contributed by atoms with Crippen LogP contribution in [0.3, 0.4) is 0 Å². The molecular formula is C13H7F2N3O2. The maximum absolute atomic E-state index is 13.3. The van der Waals surface area contributed by atoms with Crippen molar-refractivity contribution in [2.75, 3.05) is 0 Å². The van der Waals surface area contributed by atoms with Crippen LogP contribution >= 0.6 is 0 Å². The van der Waals surface area contributed by atoms with Gasteiger partial charge in [-0.3, -0.25) is 0 Å². The third-order valence-electron chi connectivity index (χ3n) is 2.79. The number of halogens is 2. The van der Waals surface area contributed by atoms with Crippen molar-refractivity contribution in [1.29, 1.82) is 0 Å². The highest BCUT2D eigenvalue weighted by atomic mass is 19.2. The van der Waals surface area contributed by atoms with Crippen molar-refractivity contribution >= 4 is 11.6 Å². The van der Waals surface area contributed by atoms with E-state index in [1.807, 2.05) is 0 Å². The van der Waals surface area contributed by atoms with Gasteiger partial charge in [0.15, 0.2) is 23.0 Å². The average Bonchev–Trinajstić information content (AvgIpc) is 2.86. The summed E-state index contributed by atoms with van der Waals surface area (Å²) in [5.74, 6) is -3.13. The molecule has 0 aliphatic heterocycles. The van der Waals surface area contributed by atoms with Gasteiger partial charge in [-0.2, -0.15) is 5.10 Å². The molecule has 0 bridgehead atoms. The van der Waals surface area contributed by atoms with E-state index in [1.54, 1.807) is 0 Å². The zero-order chi connectivity index (χ0) is 14.3. The number of hydrogen-bond donors (Lipinski definition) is 1. The number of carboxylic acid groups (broad SMARTS) is 1. The van der Waals surface area contributed by atoms with Crippen molar-refractivity contribution in [2.45, 2.75) is 0 Å². The van der Waals surface area contributed by atoms with Crippen LogP contribution in [0, 0.1) is 11.6 Å². The standard InChI is InChI=1S/C13H7F2N3O2/c14-8-2-1-7(5-9(8)15)11-3-4-16-12-6-10(13(19)20)17-18(11)12/h1-6H,(H,19,20). The van der Waals surface area contributed by atoms with Crippen LogP contribution in [-0.4, -0.2) is 25.7 Å². The Bertz CT molecular complexity index is 830. The van der Waals surface area contributed by atoms with Crippen LogP contribution in [0.15, 0.2) is 36.5 Å². The van der Waals surface area contributed by atoms with E-state index < -0.39 is 17.6 Å². The molecule has 5 nitrogen and oxygen atoms in total. The Hall–Kier alpha value is -2.83. The van der Waals surface area contributed by atoms with Crippen molar-refractivity contribution in [1.82, 2.24) is 14.6 Å². The average molecular weight is 275 g/mol. The molecule has 100 valence electrons. The van der Waals surface area contributed by atoms with Gasteiger partial charge in [-0.15, -0.1) is 0 Å². The second-order valence-corrected chi connectivity index (χ2v) is 4.06. The number of nitrogens with zero attached hydrogens (tertiary/aromatic N) is 3. The summed E-state index contributed by atoms with van der Waals surface area (Å²) in [5.41, 5.74) is 0.926. The smallest absolute Gasteiger partial charge is 0.356 e. The van der Waals surface area contributed by atoms with Crippen LogP contribution in [-0.2, 0) is 0 Å². The predicted molar refractivity (Wildman–Crippen MR) is 65.3 cm³/mol. The van der Waals surface area contributed by atoms with Crippen LogP contribution in [0.5, 0.6) is 0 Å². The van der Waals surface area contributed by atoms with Gasteiger partial charge < -0.3 is 5.11 Å². The Labute approximate surface area is 111 Å². The molecule has 0 aliphatic rings. The molecule has 2 heterocycles. The van der Waals surface area contributed by atoms with E-state index in [1.165, 1.54) is 28.9 Å². The Kier molecular flexibility index (Phi) is 2.67. The molecule has 0 radical (unpaired) electrons. The van der Waals surface area contributed by atoms with Gasteiger partial charge in [0.2, 0.25) is 0 Å². The van der Waals surface area contributed by atoms with Gasteiger partial charge >= 0.3 is 5.97 Å². The highest BCUT2D eigenvalue weighted by Crippen LogP contribution is 2.22. The van der Waals surface area contributed by atoms with Gasteiger partial charge in [-0.1, -0.05) is 0 Å². The molecule has 1 N–H and O–H groups in total. The lowest BCUT2D eigenvalue weighted by Crippen LogP contribution is -2.00. The molecule has 3 rings (SSSR count). The third-order valence-corrected chi connectivity index (χ3v) is 2.79. The molecule has 1 aromatic carbocycles. The number of aromatic carboxylic acids is 1. The fourth-order valence-electron chi connectivity index (χ4n) is 1.87. The molecule has 0 atom stereocenters. The quantitative estimate of drug-likeness (QED) is 0.779. The van der Waals surface area contributed by atoms with Gasteiger partial charge in [0, 0.05) is 17.8 Å². The van der Waals surface area contributed by atoms with Crippen molar-refractivity contribution in [3.63, 3.8) is 0 Å². The van der Waals surface area contributed by atoms with E-state index in [0.717, 1.165) is 12.1 Å². The van der Waals surface area contributed by atoms with Gasteiger partial charge in [0.05, 0.1) is 5.69 Å². The second kappa shape index (κ2) is 4.37. The monoisotopic (exact) mass is 275 g/mol. The zero-order valence-electron chi connectivity index (χ0n) is 9.92. The molecule has 0 aliphatic carbocycles. The Balaban J connectivity index is 2.24. The first kappa shape index (κ1) is 12.2. The van der Waals surface area contributed by atoms with Crippen molar-refractivity contribution in [3.05, 3.63) is 53.9 Å². The Morgan fingerprint density at radius 2 is 1.95 bits per heavy atom. The lowest BCUT2D eigenvalue weighted by atomic mass is 10.1. The number of rotatable bonds is 2. The molecule has 0 saturated heterocycles. The molecule has 0 saturated carbocycles. The molecule has 20 heavy (non-hydrogen) atoms. The molecule has 0 amide bonds. The minimum absolute atomic E-state index is 0.174. The SMILES string of the molecule is O=C(O)c1cc2nccc(-c3ccc(F)c(F)c3)n2n1. The Morgan fingerprint density at radius 1 is 1.15 bits per heavy atom. The first-order valence-corrected chi connectivity index (χ1v) is 5.60. The summed E-state index contributed by atoms with van der Waals surface area (Å²) in [5, 5.41) is 12.8. The minimum Gasteiger partial charge on any atom is -0.476 e. The van der Waals surface area contributed by atoms with Gasteiger partial charge in [0.25, 0.3) is 0 Å². The fraction of sp³-hybridized carbons (Fsp3) is 0. The maximum atomic E-state index is 13.3. The zero-order valence-corrected chi connectivity index (χ0v) is 9.92. The van der Waals surface area contributed by atoms with Gasteiger partial charge in [0.1, 0.15) is 0 Å². The summed E-state index contributed by atoms with van der Waals surface area (Å²) < 4.78 is 27.5. The predicted octanol–water partition coefficient (Wildman–Crippen LogP) is 2.37. The summed E-state index contributed by atoms with van der Waals surface area (Å²) in [7, 11) is 0. The van der Waals surface area contributed by atoms with E-state index in [0.29, 0.717) is 16.9 Å². The largest absolute Gasteiger partial charge is 0.476 e. The highest BCUT2D eigenvalue weighted by Gasteiger charge is 2.13. The number of hydrogen-bond acceptors (Lipinski definition) is 3. The highest BCUT2D eigenvalue weighted by molar-refractivity contribution is 5.86. The molecule has 2 aromatic heterocycles. The molecule has 0 spiro atoms. The van der Waals surface area contributed by atoms with Crippen LogP contribution in [0.1, 0.15) is 10.5 Å². The fourth-order valence-corrected chi connectivity index (χ4v) is 1.87. The minimum atomic E-state index is -1.19. The third kappa shape index (κ3) is 1.89. The van der Waals surface area contributed by atoms with Crippen LogP contribution in [0.2, 0.25) is 0 Å². The summed E-state index contributed by atoms with van der Waals surface area (Å²) in [6.45, 7) is 0. The van der Waals surface area contributed by atoms with Gasteiger partial charge in [-0.05, 0) is 24.3 Å². The lowest BCUT2D eigenvalue weighted by Gasteiger charge is -2.04. The molecule has 3 aromatic rings. The lowest BCUT2D eigenvalue weighted by molar-refractivity contribution is 0.0690. The van der Waals surface area contributed by atoms with Crippen molar-refractivity contribution in [3.8, 4) is 11.3 Å². The van der Waals surface area contributed by atoms with E-state index in [2.05, 4.69) is 10.1 Å². The molecule has 0 fully saturated rings. The number of aromatic nitrogens is 3. The van der Waals surface area contributed by atoms with Gasteiger partial charge in [-0.25, -0.2) is 23.1 Å². The van der Waals surface area contributed by atoms with E-state index in [9.17, 15) is 13.6 Å². The maximum Gasteiger partial charge on any atom is 0.356 e. The number of carbonyl (C=O) groups is 1. The number of fused-ring (bicyclic) bond motifs is 1. The van der Waals surface area contributed by atoms with Crippen LogP contribution in [0.25, 0.3) is 16.9 Å². The van der Waals surface area contributed by atoms with Crippen LogP contribution < -0.4 is 0 Å². The Morgan fingerprint density at radius 3 is 2.65 bits per heavy atom. The normalized spacial score (nSPS) is 10.9. The van der Waals surface area contributed by atoms with E-state index >= 15 is 0 Å². The molecule has 0 unspecified atom stereocenters. The topological polar surface area (TPSA) is 67.5 Å². The molecule has 7 heteroatoms. The summed E-state index contributed by atoms with van der Waals surface area (Å²) in [6, 6.07) is 6.24. The number of benzene rings is 1. The first-order valence-electron chi connectivity index (χ1n) is 5.60. The number of carboxylic acids is 1. The summed E-state index contributed by atoms with van der Waals surface area (Å²) in [4.78, 5) is 14.9. The van der Waals surface area contributed by atoms with Crippen molar-refractivity contribution in [2.24, 2.45) is 0 Å². The van der Waals surface area contributed by atoms with E-state index in [-0.39, 0.29) is 5.69 Å². The van der Waals surface area contributed by atoms with E-state index in [4.69, 9.17) is 5.11 Å². The van der Waals surface area contributed by atoms with Crippen molar-refractivity contribution < 1.29 is 18.7 Å². The molecular weight excluding hydrogens is 268 g/mol. The van der Waals surface area contributed by atoms with Crippen LogP contribution in [0.4, 0.5) is 8.78 Å². The second-order valence-electron chi connectivity index (χ2n) is 4.06. The first-order chi connectivity index (χ1) is 9.56. The summed E-state index contributed by atoms with van der Waals surface area (Å²) in [6.07, 6.45) is 1.44.